The van der Waals surface area contributed by atoms with Crippen molar-refractivity contribution < 1.29 is 9.59 Å². The van der Waals surface area contributed by atoms with Crippen LogP contribution in [0.3, 0.4) is 0 Å². The molecule has 5 nitrogen and oxygen atoms in total. The largest absolute Gasteiger partial charge is 0.338 e. The molecule has 0 radical (unpaired) electrons. The van der Waals surface area contributed by atoms with Crippen LogP contribution in [-0.2, 0) is 11.3 Å². The number of hydrogen-bond acceptors (Lipinski definition) is 4. The number of anilines is 1. The Morgan fingerprint density at radius 1 is 1.22 bits per heavy atom. The summed E-state index contributed by atoms with van der Waals surface area (Å²) < 4.78 is 0. The van der Waals surface area contributed by atoms with Gasteiger partial charge in [0.05, 0.1) is 4.88 Å². The SMILES string of the molecule is CC(C)(CN)CN(Cc1ccc(NC(=O)c2cccs2)cc1)C(=O)C1CC1. The number of benzene rings is 1. The summed E-state index contributed by atoms with van der Waals surface area (Å²) in [6.07, 6.45) is 1.98. The Morgan fingerprint density at radius 2 is 1.93 bits per heavy atom. The van der Waals surface area contributed by atoms with E-state index in [1.54, 1.807) is 6.07 Å². The molecular formula is C21H27N3O2S. The molecule has 3 rings (SSSR count). The summed E-state index contributed by atoms with van der Waals surface area (Å²) in [5.74, 6) is 0.308. The average Bonchev–Trinajstić information content (AvgIpc) is 3.35. The highest BCUT2D eigenvalue weighted by molar-refractivity contribution is 7.12. The van der Waals surface area contributed by atoms with Crippen molar-refractivity contribution in [2.75, 3.05) is 18.4 Å². The van der Waals surface area contributed by atoms with Crippen LogP contribution in [0.15, 0.2) is 41.8 Å². The van der Waals surface area contributed by atoms with Crippen LogP contribution in [0.25, 0.3) is 0 Å². The molecule has 0 unspecified atom stereocenters. The zero-order valence-corrected chi connectivity index (χ0v) is 16.7. The van der Waals surface area contributed by atoms with Crippen molar-refractivity contribution in [1.82, 2.24) is 4.90 Å². The fraction of sp³-hybridized carbons (Fsp3) is 0.429. The molecular weight excluding hydrogens is 358 g/mol. The Balaban J connectivity index is 1.65. The summed E-state index contributed by atoms with van der Waals surface area (Å²) in [4.78, 5) is 27.4. The summed E-state index contributed by atoms with van der Waals surface area (Å²) in [6.45, 7) is 5.93. The zero-order chi connectivity index (χ0) is 19.4. The Labute approximate surface area is 164 Å². The first-order chi connectivity index (χ1) is 12.9. The van der Waals surface area contributed by atoms with Crippen molar-refractivity contribution in [3.63, 3.8) is 0 Å². The Morgan fingerprint density at radius 3 is 2.48 bits per heavy atom. The summed E-state index contributed by atoms with van der Waals surface area (Å²) >= 11 is 1.41. The van der Waals surface area contributed by atoms with E-state index in [1.165, 1.54) is 11.3 Å². The molecule has 144 valence electrons. The van der Waals surface area contributed by atoms with Gasteiger partial charge in [0.1, 0.15) is 0 Å². The first-order valence-corrected chi connectivity index (χ1v) is 10.2. The van der Waals surface area contributed by atoms with Gasteiger partial charge in [-0.05, 0) is 53.9 Å². The number of hydrogen-bond donors (Lipinski definition) is 2. The number of amides is 2. The molecule has 3 N–H and O–H groups in total. The molecule has 0 atom stereocenters. The second-order valence-electron chi connectivity index (χ2n) is 7.97. The van der Waals surface area contributed by atoms with Crippen LogP contribution in [0.4, 0.5) is 5.69 Å². The maximum Gasteiger partial charge on any atom is 0.265 e. The number of rotatable bonds is 8. The predicted molar refractivity (Wildman–Crippen MR) is 110 cm³/mol. The molecule has 0 bridgehead atoms. The second kappa shape index (κ2) is 8.23. The van der Waals surface area contributed by atoms with E-state index in [-0.39, 0.29) is 23.1 Å². The molecule has 2 aromatic rings. The Hall–Kier alpha value is -2.18. The van der Waals surface area contributed by atoms with E-state index < -0.39 is 0 Å². The highest BCUT2D eigenvalue weighted by Gasteiger charge is 2.35. The molecule has 6 heteroatoms. The minimum atomic E-state index is -0.112. The molecule has 0 saturated heterocycles. The van der Waals surface area contributed by atoms with Gasteiger partial charge < -0.3 is 16.0 Å². The third-order valence-electron chi connectivity index (χ3n) is 4.74. The fourth-order valence-corrected chi connectivity index (χ4v) is 3.51. The monoisotopic (exact) mass is 385 g/mol. The van der Waals surface area contributed by atoms with Crippen molar-refractivity contribution in [1.29, 1.82) is 0 Å². The molecule has 2 amide bonds. The molecule has 1 heterocycles. The van der Waals surface area contributed by atoms with Crippen LogP contribution in [0.5, 0.6) is 0 Å². The third kappa shape index (κ3) is 5.40. The van der Waals surface area contributed by atoms with E-state index in [9.17, 15) is 9.59 Å². The average molecular weight is 386 g/mol. The molecule has 1 saturated carbocycles. The highest BCUT2D eigenvalue weighted by Crippen LogP contribution is 2.32. The van der Waals surface area contributed by atoms with E-state index >= 15 is 0 Å². The van der Waals surface area contributed by atoms with E-state index in [1.807, 2.05) is 40.6 Å². The molecule has 1 aliphatic carbocycles. The number of carbonyl (C=O) groups excluding carboxylic acids is 2. The lowest BCUT2D eigenvalue weighted by Crippen LogP contribution is -2.42. The van der Waals surface area contributed by atoms with Crippen molar-refractivity contribution in [2.45, 2.75) is 33.2 Å². The molecule has 1 aromatic heterocycles. The van der Waals surface area contributed by atoms with Gasteiger partial charge in [0.15, 0.2) is 0 Å². The molecule has 0 spiro atoms. The highest BCUT2D eigenvalue weighted by atomic mass is 32.1. The topological polar surface area (TPSA) is 75.4 Å². The number of carbonyl (C=O) groups is 2. The Bertz CT molecular complexity index is 780. The van der Waals surface area contributed by atoms with Gasteiger partial charge in [-0.1, -0.05) is 32.0 Å². The van der Waals surface area contributed by atoms with Gasteiger partial charge in [-0.15, -0.1) is 11.3 Å². The molecule has 27 heavy (non-hydrogen) atoms. The number of nitrogens with two attached hydrogens (primary N) is 1. The zero-order valence-electron chi connectivity index (χ0n) is 15.9. The first-order valence-electron chi connectivity index (χ1n) is 9.30. The van der Waals surface area contributed by atoms with E-state index in [0.29, 0.717) is 24.5 Å². The van der Waals surface area contributed by atoms with Gasteiger partial charge in [0, 0.05) is 24.7 Å². The van der Waals surface area contributed by atoms with Crippen LogP contribution in [0, 0.1) is 11.3 Å². The number of nitrogens with zero attached hydrogens (tertiary/aromatic N) is 1. The maximum atomic E-state index is 12.7. The predicted octanol–water partition coefficient (Wildman–Crippen LogP) is 3.72. The minimum absolute atomic E-state index is 0.104. The van der Waals surface area contributed by atoms with Crippen LogP contribution in [-0.4, -0.2) is 29.8 Å². The van der Waals surface area contributed by atoms with E-state index in [0.717, 1.165) is 24.1 Å². The summed E-state index contributed by atoms with van der Waals surface area (Å²) in [5.41, 5.74) is 7.55. The van der Waals surface area contributed by atoms with Gasteiger partial charge in [-0.25, -0.2) is 0 Å². The normalized spacial score (nSPS) is 14.0. The van der Waals surface area contributed by atoms with Crippen LogP contribution >= 0.6 is 11.3 Å². The quantitative estimate of drug-likeness (QED) is 0.727. The molecule has 1 fully saturated rings. The maximum absolute atomic E-state index is 12.7. The second-order valence-corrected chi connectivity index (χ2v) is 8.91. The van der Waals surface area contributed by atoms with Crippen LogP contribution < -0.4 is 11.1 Å². The summed E-state index contributed by atoms with van der Waals surface area (Å²) in [5, 5.41) is 4.78. The van der Waals surface area contributed by atoms with Crippen LogP contribution in [0.2, 0.25) is 0 Å². The number of nitrogens with one attached hydrogen (secondary N) is 1. The smallest absolute Gasteiger partial charge is 0.265 e. The van der Waals surface area contributed by atoms with Gasteiger partial charge in [0.2, 0.25) is 5.91 Å². The molecule has 1 aromatic carbocycles. The van der Waals surface area contributed by atoms with Crippen molar-refractivity contribution in [3.05, 3.63) is 52.2 Å². The lowest BCUT2D eigenvalue weighted by molar-refractivity contribution is -0.134. The van der Waals surface area contributed by atoms with Gasteiger partial charge in [-0.3, -0.25) is 9.59 Å². The van der Waals surface area contributed by atoms with Crippen molar-refractivity contribution in [3.8, 4) is 0 Å². The minimum Gasteiger partial charge on any atom is -0.338 e. The van der Waals surface area contributed by atoms with Gasteiger partial charge in [0.25, 0.3) is 5.91 Å². The molecule has 1 aliphatic rings. The standard InChI is InChI=1S/C21H27N3O2S/c1-21(2,13-22)14-24(20(26)16-7-8-16)12-15-5-9-17(10-6-15)23-19(25)18-4-3-11-27-18/h3-6,9-11,16H,7-8,12-14,22H2,1-2H3,(H,23,25). The van der Waals surface area contributed by atoms with E-state index in [4.69, 9.17) is 5.73 Å². The summed E-state index contributed by atoms with van der Waals surface area (Å²) in [6, 6.07) is 11.4. The van der Waals surface area contributed by atoms with Gasteiger partial charge >= 0.3 is 0 Å². The van der Waals surface area contributed by atoms with Gasteiger partial charge in [-0.2, -0.15) is 0 Å². The number of thiophene rings is 1. The lowest BCUT2D eigenvalue weighted by Gasteiger charge is -2.32. The Kier molecular flexibility index (Phi) is 5.97. The third-order valence-corrected chi connectivity index (χ3v) is 5.61. The first kappa shape index (κ1) is 19.6. The van der Waals surface area contributed by atoms with Crippen molar-refractivity contribution >= 4 is 28.8 Å². The lowest BCUT2D eigenvalue weighted by atomic mass is 9.92. The summed E-state index contributed by atoms with van der Waals surface area (Å²) in [7, 11) is 0. The van der Waals surface area contributed by atoms with E-state index in [2.05, 4.69) is 19.2 Å². The van der Waals surface area contributed by atoms with Crippen LogP contribution in [0.1, 0.15) is 41.9 Å². The molecule has 0 aliphatic heterocycles. The van der Waals surface area contributed by atoms with Crippen molar-refractivity contribution in [2.24, 2.45) is 17.1 Å². The fourth-order valence-electron chi connectivity index (χ4n) is 2.90.